The van der Waals surface area contributed by atoms with Crippen LogP contribution >= 0.6 is 11.6 Å². The van der Waals surface area contributed by atoms with Crippen molar-refractivity contribution in [3.63, 3.8) is 0 Å². The minimum absolute atomic E-state index is 0.423. The summed E-state index contributed by atoms with van der Waals surface area (Å²) in [6.45, 7) is 4.57. The van der Waals surface area contributed by atoms with Gasteiger partial charge in [0, 0.05) is 11.6 Å². The molecule has 20 heavy (non-hydrogen) atoms. The molecule has 0 spiro atoms. The molecule has 3 N–H and O–H groups in total. The Hall–Kier alpha value is -1.22. The molecule has 0 saturated heterocycles. The second kappa shape index (κ2) is 6.49. The van der Waals surface area contributed by atoms with Crippen LogP contribution in [0.5, 0.6) is 0 Å². The van der Waals surface area contributed by atoms with Crippen molar-refractivity contribution >= 4 is 23.2 Å². The van der Waals surface area contributed by atoms with Gasteiger partial charge in [0.1, 0.15) is 0 Å². The SMILES string of the molecule is CC(C)C1CCCC(Nc2cc(C(N)=O)ccc2Cl)C1. The zero-order valence-corrected chi connectivity index (χ0v) is 12.9. The van der Waals surface area contributed by atoms with Crippen molar-refractivity contribution < 1.29 is 4.79 Å². The van der Waals surface area contributed by atoms with E-state index in [4.69, 9.17) is 17.3 Å². The van der Waals surface area contributed by atoms with E-state index in [9.17, 15) is 4.79 Å². The lowest BCUT2D eigenvalue weighted by atomic mass is 9.79. The highest BCUT2D eigenvalue weighted by atomic mass is 35.5. The highest BCUT2D eigenvalue weighted by Gasteiger charge is 2.24. The molecule has 1 aromatic carbocycles. The first-order valence-electron chi connectivity index (χ1n) is 7.33. The fourth-order valence-corrected chi connectivity index (χ4v) is 3.15. The maximum absolute atomic E-state index is 11.2. The van der Waals surface area contributed by atoms with E-state index in [-0.39, 0.29) is 0 Å². The van der Waals surface area contributed by atoms with E-state index in [1.165, 1.54) is 12.8 Å². The van der Waals surface area contributed by atoms with Gasteiger partial charge in [0.15, 0.2) is 0 Å². The second-order valence-electron chi connectivity index (χ2n) is 6.07. The molecule has 3 nitrogen and oxygen atoms in total. The third kappa shape index (κ3) is 3.66. The highest BCUT2D eigenvalue weighted by molar-refractivity contribution is 6.33. The number of hydrogen-bond acceptors (Lipinski definition) is 2. The van der Waals surface area contributed by atoms with Crippen LogP contribution in [0, 0.1) is 11.8 Å². The van der Waals surface area contributed by atoms with E-state index in [2.05, 4.69) is 19.2 Å². The normalized spacial score (nSPS) is 22.8. The van der Waals surface area contributed by atoms with Crippen molar-refractivity contribution in [1.29, 1.82) is 0 Å². The number of anilines is 1. The van der Waals surface area contributed by atoms with Crippen LogP contribution in [0.25, 0.3) is 0 Å². The number of carbonyl (C=O) groups excluding carboxylic acids is 1. The molecule has 0 radical (unpaired) electrons. The molecule has 4 heteroatoms. The van der Waals surface area contributed by atoms with Gasteiger partial charge in [0.05, 0.1) is 10.7 Å². The summed E-state index contributed by atoms with van der Waals surface area (Å²) in [4.78, 5) is 11.2. The van der Waals surface area contributed by atoms with E-state index >= 15 is 0 Å². The molecule has 1 aliphatic rings. The third-order valence-electron chi connectivity index (χ3n) is 4.27. The minimum Gasteiger partial charge on any atom is -0.381 e. The number of nitrogens with one attached hydrogen (secondary N) is 1. The Balaban J connectivity index is 2.09. The lowest BCUT2D eigenvalue weighted by Crippen LogP contribution is -2.29. The molecular weight excluding hydrogens is 272 g/mol. The summed E-state index contributed by atoms with van der Waals surface area (Å²) in [7, 11) is 0. The molecule has 1 fully saturated rings. The summed E-state index contributed by atoms with van der Waals surface area (Å²) in [6.07, 6.45) is 4.87. The summed E-state index contributed by atoms with van der Waals surface area (Å²) in [5, 5.41) is 4.13. The number of benzene rings is 1. The van der Waals surface area contributed by atoms with Gasteiger partial charge in [-0.1, -0.05) is 38.3 Å². The minimum atomic E-state index is -0.423. The Labute approximate surface area is 125 Å². The first-order chi connectivity index (χ1) is 9.47. The number of halogens is 1. The Morgan fingerprint density at radius 1 is 1.40 bits per heavy atom. The van der Waals surface area contributed by atoms with Crippen molar-refractivity contribution in [2.75, 3.05) is 5.32 Å². The van der Waals surface area contributed by atoms with E-state index in [0.29, 0.717) is 22.5 Å². The number of carbonyl (C=O) groups is 1. The summed E-state index contributed by atoms with van der Waals surface area (Å²) < 4.78 is 0. The summed E-state index contributed by atoms with van der Waals surface area (Å²) >= 11 is 6.20. The Morgan fingerprint density at radius 3 is 2.80 bits per heavy atom. The van der Waals surface area contributed by atoms with Gasteiger partial charge in [-0.15, -0.1) is 0 Å². The molecule has 0 heterocycles. The number of nitrogens with two attached hydrogens (primary N) is 1. The second-order valence-corrected chi connectivity index (χ2v) is 6.48. The number of primary amides is 1. The molecule has 2 rings (SSSR count). The van der Waals surface area contributed by atoms with Gasteiger partial charge in [-0.25, -0.2) is 0 Å². The Bertz CT molecular complexity index is 487. The topological polar surface area (TPSA) is 55.1 Å². The number of rotatable bonds is 4. The van der Waals surface area contributed by atoms with Gasteiger partial charge in [-0.2, -0.15) is 0 Å². The largest absolute Gasteiger partial charge is 0.381 e. The zero-order chi connectivity index (χ0) is 14.7. The zero-order valence-electron chi connectivity index (χ0n) is 12.2. The maximum Gasteiger partial charge on any atom is 0.248 e. The lowest BCUT2D eigenvalue weighted by Gasteiger charge is -2.33. The highest BCUT2D eigenvalue weighted by Crippen LogP contribution is 2.33. The molecule has 0 bridgehead atoms. The fourth-order valence-electron chi connectivity index (χ4n) is 2.97. The number of amides is 1. The van der Waals surface area contributed by atoms with E-state index < -0.39 is 5.91 Å². The van der Waals surface area contributed by atoms with Crippen LogP contribution in [-0.4, -0.2) is 11.9 Å². The molecule has 0 aliphatic heterocycles. The predicted molar refractivity (Wildman–Crippen MR) is 84.2 cm³/mol. The molecule has 2 unspecified atom stereocenters. The van der Waals surface area contributed by atoms with E-state index in [0.717, 1.165) is 24.4 Å². The standard InChI is InChI=1S/C16H23ClN2O/c1-10(2)11-4-3-5-13(8-11)19-15-9-12(16(18)20)6-7-14(15)17/h6-7,9-11,13,19H,3-5,8H2,1-2H3,(H2,18,20). The van der Waals surface area contributed by atoms with Crippen LogP contribution in [0.3, 0.4) is 0 Å². The molecule has 1 amide bonds. The molecule has 1 saturated carbocycles. The molecular formula is C16H23ClN2O. The lowest BCUT2D eigenvalue weighted by molar-refractivity contribution is 0.100. The maximum atomic E-state index is 11.2. The average molecular weight is 295 g/mol. The summed E-state index contributed by atoms with van der Waals surface area (Å²) in [5.41, 5.74) is 6.63. The predicted octanol–water partition coefficient (Wildman–Crippen LogP) is 4.07. The van der Waals surface area contributed by atoms with Crippen molar-refractivity contribution in [3.05, 3.63) is 28.8 Å². The van der Waals surface area contributed by atoms with Gasteiger partial charge < -0.3 is 11.1 Å². The summed E-state index contributed by atoms with van der Waals surface area (Å²) in [5.74, 6) is 1.06. The smallest absolute Gasteiger partial charge is 0.248 e. The summed E-state index contributed by atoms with van der Waals surface area (Å²) in [6, 6.07) is 5.57. The van der Waals surface area contributed by atoms with Gasteiger partial charge in [-0.05, 0) is 42.9 Å². The van der Waals surface area contributed by atoms with Crippen molar-refractivity contribution in [2.24, 2.45) is 17.6 Å². The monoisotopic (exact) mass is 294 g/mol. The fraction of sp³-hybridized carbons (Fsp3) is 0.562. The van der Waals surface area contributed by atoms with Gasteiger partial charge >= 0.3 is 0 Å². The van der Waals surface area contributed by atoms with Crippen LogP contribution in [0.2, 0.25) is 5.02 Å². The van der Waals surface area contributed by atoms with Gasteiger partial charge in [0.25, 0.3) is 0 Å². The molecule has 0 aromatic heterocycles. The molecule has 1 aromatic rings. The van der Waals surface area contributed by atoms with Gasteiger partial charge in [0.2, 0.25) is 5.91 Å². The van der Waals surface area contributed by atoms with Crippen LogP contribution < -0.4 is 11.1 Å². The first-order valence-corrected chi connectivity index (χ1v) is 7.71. The number of hydrogen-bond donors (Lipinski definition) is 2. The Kier molecular flexibility index (Phi) is 4.92. The van der Waals surface area contributed by atoms with E-state index in [1.807, 2.05) is 0 Å². The van der Waals surface area contributed by atoms with Crippen LogP contribution in [-0.2, 0) is 0 Å². The van der Waals surface area contributed by atoms with E-state index in [1.54, 1.807) is 18.2 Å². The quantitative estimate of drug-likeness (QED) is 0.879. The van der Waals surface area contributed by atoms with Crippen LogP contribution in [0.15, 0.2) is 18.2 Å². The Morgan fingerprint density at radius 2 is 2.15 bits per heavy atom. The third-order valence-corrected chi connectivity index (χ3v) is 4.60. The molecule has 110 valence electrons. The first kappa shape index (κ1) is 15.2. The molecule has 2 atom stereocenters. The van der Waals surface area contributed by atoms with Gasteiger partial charge in [-0.3, -0.25) is 4.79 Å². The van der Waals surface area contributed by atoms with Crippen LogP contribution in [0.1, 0.15) is 49.9 Å². The van der Waals surface area contributed by atoms with Crippen LogP contribution in [0.4, 0.5) is 5.69 Å². The molecule has 1 aliphatic carbocycles. The van der Waals surface area contributed by atoms with Crippen molar-refractivity contribution in [2.45, 2.75) is 45.6 Å². The van der Waals surface area contributed by atoms with Crippen molar-refractivity contribution in [3.8, 4) is 0 Å². The van der Waals surface area contributed by atoms with Crippen molar-refractivity contribution in [1.82, 2.24) is 0 Å². The average Bonchev–Trinajstić information content (AvgIpc) is 2.41.